The highest BCUT2D eigenvalue weighted by molar-refractivity contribution is 9.10. The van der Waals surface area contributed by atoms with Gasteiger partial charge in [-0.25, -0.2) is 0 Å². The zero-order chi connectivity index (χ0) is 19.2. The number of hydrogen-bond acceptors (Lipinski definition) is 5. The molecule has 7 heteroatoms. The molecule has 0 spiro atoms. The van der Waals surface area contributed by atoms with Crippen LogP contribution in [-0.2, 0) is 14.3 Å². The van der Waals surface area contributed by atoms with Gasteiger partial charge < -0.3 is 9.64 Å². The van der Waals surface area contributed by atoms with Gasteiger partial charge in [0.1, 0.15) is 0 Å². The highest BCUT2D eigenvalue weighted by Gasteiger charge is 2.30. The Morgan fingerprint density at radius 2 is 1.93 bits per heavy atom. The summed E-state index contributed by atoms with van der Waals surface area (Å²) < 4.78 is 5.99. The Balaban J connectivity index is 1.44. The first kappa shape index (κ1) is 19.8. The van der Waals surface area contributed by atoms with Crippen molar-refractivity contribution in [3.63, 3.8) is 0 Å². The molecule has 5 nitrogen and oxygen atoms in total. The van der Waals surface area contributed by atoms with E-state index in [1.165, 1.54) is 0 Å². The van der Waals surface area contributed by atoms with E-state index in [0.29, 0.717) is 12.1 Å². The van der Waals surface area contributed by atoms with E-state index < -0.39 is 5.97 Å². The van der Waals surface area contributed by atoms with Crippen LogP contribution in [-0.4, -0.2) is 35.7 Å². The molecule has 0 N–H and O–H groups in total. The van der Waals surface area contributed by atoms with Gasteiger partial charge in [0.15, 0.2) is 12.4 Å². The van der Waals surface area contributed by atoms with Crippen LogP contribution in [0.25, 0.3) is 0 Å². The summed E-state index contributed by atoms with van der Waals surface area (Å²) in [4.78, 5) is 39.4. The van der Waals surface area contributed by atoms with Crippen LogP contribution in [0, 0.1) is 0 Å². The summed E-state index contributed by atoms with van der Waals surface area (Å²) in [6, 6.07) is 11.1. The first-order valence-corrected chi connectivity index (χ1v) is 10.5. The quantitative estimate of drug-likeness (QED) is 0.464. The molecule has 1 unspecified atom stereocenters. The maximum Gasteiger partial charge on any atom is 0.306 e. The minimum Gasteiger partial charge on any atom is -0.456 e. The summed E-state index contributed by atoms with van der Waals surface area (Å²) in [6.45, 7) is 0.411. The number of rotatable bonds is 7. The molecule has 27 heavy (non-hydrogen) atoms. The zero-order valence-electron chi connectivity index (χ0n) is 14.7. The molecule has 142 valence electrons. The second-order valence-corrected chi connectivity index (χ2v) is 8.25. The molecule has 0 saturated carbocycles. The number of esters is 1. The van der Waals surface area contributed by atoms with Crippen LogP contribution in [0.2, 0.25) is 0 Å². The van der Waals surface area contributed by atoms with E-state index in [0.717, 1.165) is 22.2 Å². The minimum absolute atomic E-state index is 0.0312. The average Bonchev–Trinajstić information content (AvgIpc) is 3.35. The van der Waals surface area contributed by atoms with Crippen LogP contribution in [0.15, 0.2) is 46.3 Å². The Morgan fingerprint density at radius 3 is 2.63 bits per heavy atom. The lowest BCUT2D eigenvalue weighted by molar-refractivity contribution is -0.152. The van der Waals surface area contributed by atoms with Crippen molar-refractivity contribution in [1.29, 1.82) is 0 Å². The third-order valence-corrected chi connectivity index (χ3v) is 6.03. The molecule has 1 aromatic carbocycles. The van der Waals surface area contributed by atoms with Crippen LogP contribution in [0.5, 0.6) is 0 Å². The number of benzene rings is 1. The number of likely N-dealkylation sites (tertiary alicyclic amines) is 1. The van der Waals surface area contributed by atoms with Crippen molar-refractivity contribution >= 4 is 44.9 Å². The van der Waals surface area contributed by atoms with E-state index in [4.69, 9.17) is 4.74 Å². The molecule has 2 heterocycles. The second-order valence-electron chi connectivity index (χ2n) is 6.35. The Morgan fingerprint density at radius 1 is 1.15 bits per heavy atom. The number of thiophene rings is 1. The van der Waals surface area contributed by atoms with Gasteiger partial charge in [0.25, 0.3) is 5.91 Å². The van der Waals surface area contributed by atoms with Crippen molar-refractivity contribution < 1.29 is 19.1 Å². The smallest absolute Gasteiger partial charge is 0.306 e. The summed E-state index contributed by atoms with van der Waals surface area (Å²) in [6.07, 6.45) is 1.92. The third kappa shape index (κ3) is 5.26. The molecule has 1 aliphatic rings. The summed E-state index contributed by atoms with van der Waals surface area (Å²) in [5, 5.41) is 2.00. The van der Waals surface area contributed by atoms with Gasteiger partial charge in [-0.05, 0) is 36.4 Å². The summed E-state index contributed by atoms with van der Waals surface area (Å²) in [7, 11) is 0. The number of ether oxygens (including phenoxy) is 1. The molecule has 0 radical (unpaired) electrons. The lowest BCUT2D eigenvalue weighted by atomic mass is 10.1. The van der Waals surface area contributed by atoms with Gasteiger partial charge in [0, 0.05) is 27.9 Å². The van der Waals surface area contributed by atoms with Crippen molar-refractivity contribution in [2.75, 3.05) is 13.2 Å². The van der Waals surface area contributed by atoms with Gasteiger partial charge in [0.2, 0.25) is 0 Å². The monoisotopic (exact) mass is 449 g/mol. The molecular formula is C20H20BrNO4S. The van der Waals surface area contributed by atoms with Crippen molar-refractivity contribution in [3.8, 4) is 0 Å². The van der Waals surface area contributed by atoms with Crippen LogP contribution in [0.1, 0.15) is 47.0 Å². The molecule has 0 bridgehead atoms. The van der Waals surface area contributed by atoms with E-state index in [1.54, 1.807) is 40.5 Å². The number of amides is 1. The van der Waals surface area contributed by atoms with E-state index >= 15 is 0 Å². The molecule has 1 amide bonds. The van der Waals surface area contributed by atoms with Gasteiger partial charge in [0.05, 0.1) is 12.5 Å². The predicted molar refractivity (Wildman–Crippen MR) is 107 cm³/mol. The Hall–Kier alpha value is -1.99. The fourth-order valence-corrected chi connectivity index (χ4v) is 4.27. The Bertz CT molecular complexity index is 804. The molecule has 1 aliphatic heterocycles. The lowest BCUT2D eigenvalue weighted by Gasteiger charge is -2.23. The lowest BCUT2D eigenvalue weighted by Crippen LogP contribution is -2.34. The molecule has 1 saturated heterocycles. The van der Waals surface area contributed by atoms with Crippen molar-refractivity contribution in [2.45, 2.75) is 31.7 Å². The fraction of sp³-hybridized carbons (Fsp3) is 0.350. The molecule has 2 aromatic rings. The van der Waals surface area contributed by atoms with Crippen molar-refractivity contribution in [1.82, 2.24) is 4.90 Å². The maximum atomic E-state index is 12.4. The van der Waals surface area contributed by atoms with Crippen LogP contribution in [0.3, 0.4) is 0 Å². The molecular weight excluding hydrogens is 430 g/mol. The van der Waals surface area contributed by atoms with E-state index in [-0.39, 0.29) is 37.2 Å². The normalized spacial score (nSPS) is 16.3. The predicted octanol–water partition coefficient (Wildman–Crippen LogP) is 4.38. The Labute approximate surface area is 170 Å². The van der Waals surface area contributed by atoms with Gasteiger partial charge in [-0.15, -0.1) is 11.3 Å². The second kappa shape index (κ2) is 9.28. The van der Waals surface area contributed by atoms with E-state index in [9.17, 15) is 14.4 Å². The number of carbonyl (C=O) groups is 3. The first-order valence-electron chi connectivity index (χ1n) is 8.82. The van der Waals surface area contributed by atoms with Crippen LogP contribution < -0.4 is 0 Å². The first-order chi connectivity index (χ1) is 13.0. The van der Waals surface area contributed by atoms with Crippen molar-refractivity contribution in [3.05, 3.63) is 56.7 Å². The fourth-order valence-electron chi connectivity index (χ4n) is 3.13. The van der Waals surface area contributed by atoms with Crippen molar-refractivity contribution in [2.24, 2.45) is 0 Å². The van der Waals surface area contributed by atoms with Gasteiger partial charge in [-0.1, -0.05) is 34.1 Å². The standard InChI is InChI=1S/C20H20BrNO4S/c21-15-7-5-14(6-8-15)17(23)9-10-20(25)26-13-19(24)22-11-1-3-16(22)18-4-2-12-27-18/h2,4-8,12,16H,1,3,9-11,13H2. The number of ketones is 1. The van der Waals surface area contributed by atoms with Crippen LogP contribution >= 0.6 is 27.3 Å². The van der Waals surface area contributed by atoms with E-state index in [1.807, 2.05) is 17.5 Å². The summed E-state index contributed by atoms with van der Waals surface area (Å²) in [5.41, 5.74) is 0.554. The number of Topliss-reactive ketones (excluding diaryl/α,β-unsaturated/α-hetero) is 1. The highest BCUT2D eigenvalue weighted by atomic mass is 79.9. The van der Waals surface area contributed by atoms with E-state index in [2.05, 4.69) is 15.9 Å². The number of carbonyl (C=O) groups excluding carboxylic acids is 3. The topological polar surface area (TPSA) is 63.7 Å². The molecule has 1 fully saturated rings. The zero-order valence-corrected chi connectivity index (χ0v) is 17.1. The molecule has 0 aliphatic carbocycles. The SMILES string of the molecule is O=C(CCC(=O)c1ccc(Br)cc1)OCC(=O)N1CCCC1c1cccs1. The molecule has 3 rings (SSSR count). The average molecular weight is 450 g/mol. The Kier molecular flexibility index (Phi) is 6.79. The number of halogens is 1. The number of hydrogen-bond donors (Lipinski definition) is 0. The largest absolute Gasteiger partial charge is 0.456 e. The van der Waals surface area contributed by atoms with Gasteiger partial charge in [-0.2, -0.15) is 0 Å². The van der Waals surface area contributed by atoms with Gasteiger partial charge >= 0.3 is 5.97 Å². The summed E-state index contributed by atoms with van der Waals surface area (Å²) in [5.74, 6) is -0.831. The molecule has 1 atom stereocenters. The van der Waals surface area contributed by atoms with Gasteiger partial charge in [-0.3, -0.25) is 14.4 Å². The third-order valence-electron chi connectivity index (χ3n) is 4.52. The minimum atomic E-state index is -0.527. The highest BCUT2D eigenvalue weighted by Crippen LogP contribution is 2.34. The molecule has 1 aromatic heterocycles. The summed E-state index contributed by atoms with van der Waals surface area (Å²) >= 11 is 4.95. The number of nitrogens with zero attached hydrogens (tertiary/aromatic N) is 1. The van der Waals surface area contributed by atoms with Crippen LogP contribution in [0.4, 0.5) is 0 Å². The maximum absolute atomic E-state index is 12.4.